The minimum Gasteiger partial charge on any atom is -0.508 e. The summed E-state index contributed by atoms with van der Waals surface area (Å²) in [5.41, 5.74) is 9.34. The van der Waals surface area contributed by atoms with Crippen LogP contribution in [0.15, 0.2) is 48.5 Å². The number of phenolic OH excluding ortho intramolecular Hbond substituents is 1. The monoisotopic (exact) mass is 418 g/mol. The smallest absolute Gasteiger partial charge is 0.231 e. The molecule has 0 unspecified atom stereocenters. The van der Waals surface area contributed by atoms with E-state index in [2.05, 4.69) is 12.1 Å². The van der Waals surface area contributed by atoms with E-state index in [-0.39, 0.29) is 24.6 Å². The number of aromatic nitrogens is 3. The van der Waals surface area contributed by atoms with Crippen LogP contribution in [0.4, 0.5) is 11.9 Å². The van der Waals surface area contributed by atoms with Gasteiger partial charge in [-0.2, -0.15) is 15.0 Å². The van der Waals surface area contributed by atoms with Gasteiger partial charge in [0, 0.05) is 18.7 Å². The van der Waals surface area contributed by atoms with Crippen LogP contribution in [0.2, 0.25) is 0 Å². The first-order valence-corrected chi connectivity index (χ1v) is 10.7. The van der Waals surface area contributed by atoms with Gasteiger partial charge < -0.3 is 25.7 Å². The van der Waals surface area contributed by atoms with Gasteiger partial charge in [-0.1, -0.05) is 36.4 Å². The molecule has 0 saturated carbocycles. The van der Waals surface area contributed by atoms with E-state index in [1.54, 1.807) is 18.2 Å². The molecule has 8 heteroatoms. The number of hydrogen-bond acceptors (Lipinski definition) is 8. The lowest BCUT2D eigenvalue weighted by atomic mass is 9.93. The van der Waals surface area contributed by atoms with Gasteiger partial charge in [-0.3, -0.25) is 0 Å². The van der Waals surface area contributed by atoms with Crippen LogP contribution in [0.1, 0.15) is 30.0 Å². The maximum Gasteiger partial charge on any atom is 0.231 e. The summed E-state index contributed by atoms with van der Waals surface area (Å²) in [5.74, 6) is 1.67. The fourth-order valence-electron chi connectivity index (χ4n) is 4.51. The van der Waals surface area contributed by atoms with Crippen molar-refractivity contribution >= 4 is 11.9 Å². The van der Waals surface area contributed by atoms with Gasteiger partial charge in [0.2, 0.25) is 11.9 Å². The summed E-state index contributed by atoms with van der Waals surface area (Å²) in [5, 5.41) is 20.2. The molecule has 31 heavy (non-hydrogen) atoms. The molecule has 2 aromatic carbocycles. The van der Waals surface area contributed by atoms with Crippen LogP contribution >= 0.6 is 0 Å². The number of aliphatic hydroxyl groups excluding tert-OH is 1. The molecule has 1 saturated heterocycles. The number of aliphatic hydroxyl groups is 1. The first kappa shape index (κ1) is 19.7. The van der Waals surface area contributed by atoms with E-state index in [4.69, 9.17) is 20.7 Å². The van der Waals surface area contributed by atoms with Gasteiger partial charge in [0.05, 0.1) is 18.8 Å². The van der Waals surface area contributed by atoms with Gasteiger partial charge in [-0.15, -0.1) is 0 Å². The molecular formula is C23H26N6O2. The minimum atomic E-state index is -0.232. The number of fused-ring (bicyclic) bond motifs is 1. The van der Waals surface area contributed by atoms with Crippen molar-refractivity contribution in [1.29, 1.82) is 0 Å². The molecule has 2 aliphatic heterocycles. The molecule has 2 atom stereocenters. The Morgan fingerprint density at radius 1 is 0.968 bits per heavy atom. The zero-order valence-electron chi connectivity index (χ0n) is 17.2. The number of nitrogens with two attached hydrogens (primary N) is 1. The molecule has 3 heterocycles. The second-order valence-corrected chi connectivity index (χ2v) is 8.05. The molecule has 2 aliphatic rings. The molecule has 160 valence electrons. The third-order valence-electron chi connectivity index (χ3n) is 6.11. The van der Waals surface area contributed by atoms with Crippen molar-refractivity contribution in [1.82, 2.24) is 15.0 Å². The second-order valence-electron chi connectivity index (χ2n) is 8.05. The number of aromatic hydroxyl groups is 1. The fourth-order valence-corrected chi connectivity index (χ4v) is 4.51. The first-order chi connectivity index (χ1) is 15.1. The molecule has 3 aromatic rings. The van der Waals surface area contributed by atoms with Crippen molar-refractivity contribution < 1.29 is 10.2 Å². The number of nitrogens with zero attached hydrogens (tertiary/aromatic N) is 5. The largest absolute Gasteiger partial charge is 0.508 e. The van der Waals surface area contributed by atoms with Gasteiger partial charge >= 0.3 is 0 Å². The summed E-state index contributed by atoms with van der Waals surface area (Å²) < 4.78 is 0. The lowest BCUT2D eigenvalue weighted by Gasteiger charge is -2.36. The predicted octanol–water partition coefficient (Wildman–Crippen LogP) is 2.23. The van der Waals surface area contributed by atoms with E-state index < -0.39 is 0 Å². The molecule has 0 radical (unpaired) electrons. The summed E-state index contributed by atoms with van der Waals surface area (Å²) in [6.45, 7) is 1.44. The van der Waals surface area contributed by atoms with Crippen LogP contribution in [0, 0.1) is 0 Å². The van der Waals surface area contributed by atoms with Crippen LogP contribution in [-0.4, -0.2) is 51.0 Å². The number of benzene rings is 2. The molecular weight excluding hydrogens is 392 g/mol. The van der Waals surface area contributed by atoms with Crippen LogP contribution in [0.3, 0.4) is 0 Å². The van der Waals surface area contributed by atoms with Gasteiger partial charge in [-0.05, 0) is 42.5 Å². The highest BCUT2D eigenvalue weighted by atomic mass is 16.3. The van der Waals surface area contributed by atoms with E-state index in [0.717, 1.165) is 31.4 Å². The summed E-state index contributed by atoms with van der Waals surface area (Å²) in [4.78, 5) is 18.3. The molecule has 0 aliphatic carbocycles. The van der Waals surface area contributed by atoms with Crippen molar-refractivity contribution in [2.45, 2.75) is 31.5 Å². The Morgan fingerprint density at radius 3 is 2.52 bits per heavy atom. The standard InChI is InChI=1S/C23H26N6O2/c24-20-9-4-11-29(20)23-26-21(16-6-3-7-17(31)13-16)25-22(27-23)28-12-10-15-5-1-2-8-18(15)19(28)14-30/h1-3,5-8,13,19-20,30-31H,4,9-12,14,24H2/t19-,20+/m0/s1. The average molecular weight is 419 g/mol. The maximum atomic E-state index is 10.2. The van der Waals surface area contributed by atoms with Crippen molar-refractivity contribution in [3.63, 3.8) is 0 Å². The van der Waals surface area contributed by atoms with Crippen LogP contribution in [-0.2, 0) is 6.42 Å². The molecule has 8 nitrogen and oxygen atoms in total. The highest BCUT2D eigenvalue weighted by Crippen LogP contribution is 2.34. The Labute approximate surface area is 181 Å². The van der Waals surface area contributed by atoms with E-state index >= 15 is 0 Å². The lowest BCUT2D eigenvalue weighted by molar-refractivity contribution is 0.256. The van der Waals surface area contributed by atoms with Crippen molar-refractivity contribution in [2.24, 2.45) is 5.73 Å². The van der Waals surface area contributed by atoms with E-state index in [0.29, 0.717) is 29.8 Å². The molecule has 1 aromatic heterocycles. The molecule has 1 fully saturated rings. The number of anilines is 2. The van der Waals surface area contributed by atoms with Gasteiger partial charge in [0.1, 0.15) is 5.75 Å². The zero-order chi connectivity index (χ0) is 21.4. The normalized spacial score (nSPS) is 20.7. The lowest BCUT2D eigenvalue weighted by Crippen LogP contribution is -2.40. The molecule has 5 rings (SSSR count). The van der Waals surface area contributed by atoms with E-state index in [1.807, 2.05) is 28.0 Å². The van der Waals surface area contributed by atoms with Crippen molar-refractivity contribution in [3.8, 4) is 17.1 Å². The minimum absolute atomic E-state index is 0.0390. The highest BCUT2D eigenvalue weighted by molar-refractivity contribution is 5.61. The Kier molecular flexibility index (Phi) is 5.17. The maximum absolute atomic E-state index is 10.2. The Bertz CT molecular complexity index is 1090. The van der Waals surface area contributed by atoms with Gasteiger partial charge in [0.15, 0.2) is 5.82 Å². The molecule has 0 spiro atoms. The topological polar surface area (TPSA) is 112 Å². The van der Waals surface area contributed by atoms with Crippen LogP contribution in [0.25, 0.3) is 11.4 Å². The summed E-state index contributed by atoms with van der Waals surface area (Å²) in [6, 6.07) is 14.8. The third-order valence-corrected chi connectivity index (χ3v) is 6.11. The van der Waals surface area contributed by atoms with E-state index in [1.165, 1.54) is 5.56 Å². The third kappa shape index (κ3) is 3.68. The Hall–Kier alpha value is -3.23. The number of phenols is 1. The van der Waals surface area contributed by atoms with E-state index in [9.17, 15) is 10.2 Å². The number of hydrogen-bond donors (Lipinski definition) is 3. The quantitative estimate of drug-likeness (QED) is 0.591. The second kappa shape index (κ2) is 8.13. The molecule has 0 amide bonds. The highest BCUT2D eigenvalue weighted by Gasteiger charge is 2.31. The summed E-state index contributed by atoms with van der Waals surface area (Å²) in [7, 11) is 0. The Morgan fingerprint density at radius 2 is 1.77 bits per heavy atom. The van der Waals surface area contributed by atoms with Gasteiger partial charge in [-0.25, -0.2) is 0 Å². The van der Waals surface area contributed by atoms with Crippen molar-refractivity contribution in [3.05, 3.63) is 59.7 Å². The summed E-state index contributed by atoms with van der Waals surface area (Å²) >= 11 is 0. The predicted molar refractivity (Wildman–Crippen MR) is 119 cm³/mol. The zero-order valence-corrected chi connectivity index (χ0v) is 17.2. The summed E-state index contributed by atoms with van der Waals surface area (Å²) in [6.07, 6.45) is 2.58. The average Bonchev–Trinajstić information content (AvgIpc) is 3.24. The Balaban J connectivity index is 1.61. The van der Waals surface area contributed by atoms with Gasteiger partial charge in [0.25, 0.3) is 0 Å². The van der Waals surface area contributed by atoms with Crippen LogP contribution < -0.4 is 15.5 Å². The first-order valence-electron chi connectivity index (χ1n) is 10.7. The SMILES string of the molecule is N[C@H]1CCCN1c1nc(-c2cccc(O)c2)nc(N2CCc3ccccc3[C@@H]2CO)n1. The molecule has 4 N–H and O–H groups in total. The van der Waals surface area contributed by atoms with Crippen LogP contribution in [0.5, 0.6) is 5.75 Å². The van der Waals surface area contributed by atoms with Crippen molar-refractivity contribution in [2.75, 3.05) is 29.5 Å². The number of rotatable bonds is 4. The fraction of sp³-hybridized carbons (Fsp3) is 0.348. The molecule has 0 bridgehead atoms.